The van der Waals surface area contributed by atoms with E-state index in [9.17, 15) is 13.2 Å². The van der Waals surface area contributed by atoms with Gasteiger partial charge in [-0.2, -0.15) is 10.1 Å². The highest BCUT2D eigenvalue weighted by Crippen LogP contribution is 2.14. The van der Waals surface area contributed by atoms with E-state index in [4.69, 9.17) is 0 Å². The fraction of sp³-hybridized carbons (Fsp3) is 0.0714. The SMILES string of the molecule is O=C(Nc1ncn[nH]1)c1ccc(S(=O)(=O)NCc2cccs2)cc1. The molecule has 0 saturated carbocycles. The Morgan fingerprint density at radius 1 is 1.21 bits per heavy atom. The number of benzene rings is 1. The lowest BCUT2D eigenvalue weighted by molar-refractivity contribution is 0.102. The van der Waals surface area contributed by atoms with E-state index in [0.717, 1.165) is 4.88 Å². The van der Waals surface area contributed by atoms with Crippen LogP contribution in [0.15, 0.2) is 53.0 Å². The molecule has 1 amide bonds. The molecule has 124 valence electrons. The van der Waals surface area contributed by atoms with Crippen LogP contribution in [0.3, 0.4) is 0 Å². The average molecular weight is 363 g/mol. The summed E-state index contributed by atoms with van der Waals surface area (Å²) in [6.07, 6.45) is 1.27. The van der Waals surface area contributed by atoms with E-state index in [0.29, 0.717) is 5.56 Å². The molecule has 3 aromatic rings. The molecule has 0 aliphatic carbocycles. The summed E-state index contributed by atoms with van der Waals surface area (Å²) < 4.78 is 27.0. The van der Waals surface area contributed by atoms with E-state index in [1.54, 1.807) is 0 Å². The number of nitrogens with one attached hydrogen (secondary N) is 3. The second-order valence-corrected chi connectivity index (χ2v) is 7.52. The van der Waals surface area contributed by atoms with Gasteiger partial charge in [0.25, 0.3) is 5.91 Å². The fourth-order valence-electron chi connectivity index (χ4n) is 1.89. The summed E-state index contributed by atoms with van der Waals surface area (Å²) >= 11 is 1.47. The number of aromatic amines is 1. The molecule has 3 rings (SSSR count). The second-order valence-electron chi connectivity index (χ2n) is 4.72. The molecule has 0 aliphatic heterocycles. The molecule has 24 heavy (non-hydrogen) atoms. The Balaban J connectivity index is 1.67. The smallest absolute Gasteiger partial charge is 0.258 e. The number of hydrogen-bond acceptors (Lipinski definition) is 6. The largest absolute Gasteiger partial charge is 0.291 e. The van der Waals surface area contributed by atoms with Crippen molar-refractivity contribution in [3.8, 4) is 0 Å². The summed E-state index contributed by atoms with van der Waals surface area (Å²) in [6.45, 7) is 0.230. The van der Waals surface area contributed by atoms with Crippen LogP contribution < -0.4 is 10.0 Å². The number of sulfonamides is 1. The zero-order valence-electron chi connectivity index (χ0n) is 12.3. The summed E-state index contributed by atoms with van der Waals surface area (Å²) in [7, 11) is -3.63. The lowest BCUT2D eigenvalue weighted by Gasteiger charge is -2.07. The first-order chi connectivity index (χ1) is 11.5. The molecule has 0 saturated heterocycles. The minimum Gasteiger partial charge on any atom is -0.291 e. The van der Waals surface area contributed by atoms with Gasteiger partial charge in [0, 0.05) is 17.0 Å². The molecule has 3 N–H and O–H groups in total. The van der Waals surface area contributed by atoms with Crippen molar-refractivity contribution in [3.63, 3.8) is 0 Å². The number of aromatic nitrogens is 3. The third kappa shape index (κ3) is 3.85. The maximum absolute atomic E-state index is 12.2. The predicted octanol–water partition coefficient (Wildman–Crippen LogP) is 1.60. The van der Waals surface area contributed by atoms with E-state index in [-0.39, 0.29) is 17.4 Å². The summed E-state index contributed by atoms with van der Waals surface area (Å²) in [5.41, 5.74) is 0.309. The zero-order chi connectivity index (χ0) is 17.0. The van der Waals surface area contributed by atoms with Crippen molar-refractivity contribution >= 4 is 33.2 Å². The van der Waals surface area contributed by atoms with Crippen LogP contribution in [0.25, 0.3) is 0 Å². The van der Waals surface area contributed by atoms with Gasteiger partial charge in [-0.15, -0.1) is 11.3 Å². The summed E-state index contributed by atoms with van der Waals surface area (Å²) in [5.74, 6) is -0.198. The molecule has 0 radical (unpaired) electrons. The maximum Gasteiger partial charge on any atom is 0.258 e. The quantitative estimate of drug-likeness (QED) is 0.615. The molecular weight excluding hydrogens is 350 g/mol. The number of rotatable bonds is 6. The van der Waals surface area contributed by atoms with Crippen LogP contribution in [-0.4, -0.2) is 29.5 Å². The Labute approximate surface area is 142 Å². The highest BCUT2D eigenvalue weighted by molar-refractivity contribution is 7.89. The average Bonchev–Trinajstić information content (AvgIpc) is 3.27. The zero-order valence-corrected chi connectivity index (χ0v) is 13.9. The Hall–Kier alpha value is -2.56. The number of amides is 1. The molecule has 0 bridgehead atoms. The predicted molar refractivity (Wildman–Crippen MR) is 89.1 cm³/mol. The number of thiophene rings is 1. The molecule has 0 spiro atoms. The third-order valence-electron chi connectivity index (χ3n) is 3.09. The van der Waals surface area contributed by atoms with Gasteiger partial charge in [-0.3, -0.25) is 10.1 Å². The first-order valence-corrected chi connectivity index (χ1v) is 9.20. The Morgan fingerprint density at radius 3 is 2.62 bits per heavy atom. The van der Waals surface area contributed by atoms with Crippen LogP contribution in [0, 0.1) is 0 Å². The van der Waals surface area contributed by atoms with Crippen molar-refractivity contribution < 1.29 is 13.2 Å². The molecule has 0 fully saturated rings. The maximum atomic E-state index is 12.2. The van der Waals surface area contributed by atoms with E-state index in [2.05, 4.69) is 25.2 Å². The van der Waals surface area contributed by atoms with Gasteiger partial charge in [0.2, 0.25) is 16.0 Å². The molecule has 0 aliphatic rings. The standard InChI is InChI=1S/C14H13N5O3S2/c20-13(18-14-15-9-16-19-14)10-3-5-12(6-4-10)24(21,22)17-8-11-2-1-7-23-11/h1-7,9,17H,8H2,(H2,15,16,18,19,20). The van der Waals surface area contributed by atoms with Crippen LogP contribution in [0.2, 0.25) is 0 Å². The third-order valence-corrected chi connectivity index (χ3v) is 5.38. The molecular formula is C14H13N5O3S2. The van der Waals surface area contributed by atoms with Crippen LogP contribution in [0.5, 0.6) is 0 Å². The van der Waals surface area contributed by atoms with Crippen molar-refractivity contribution in [2.75, 3.05) is 5.32 Å². The van der Waals surface area contributed by atoms with E-state index < -0.39 is 15.9 Å². The van der Waals surface area contributed by atoms with E-state index in [1.807, 2.05) is 17.5 Å². The molecule has 10 heteroatoms. The second kappa shape index (κ2) is 6.91. The molecule has 8 nitrogen and oxygen atoms in total. The van der Waals surface area contributed by atoms with Gasteiger partial charge >= 0.3 is 0 Å². The Morgan fingerprint density at radius 2 is 2.00 bits per heavy atom. The van der Waals surface area contributed by atoms with Crippen LogP contribution in [0.4, 0.5) is 5.95 Å². The fourth-order valence-corrected chi connectivity index (χ4v) is 3.64. The molecule has 2 heterocycles. The number of carbonyl (C=O) groups is 1. The normalized spacial score (nSPS) is 11.3. The van der Waals surface area contributed by atoms with Gasteiger partial charge in [0.05, 0.1) is 4.90 Å². The van der Waals surface area contributed by atoms with Gasteiger partial charge in [0.1, 0.15) is 6.33 Å². The molecule has 2 aromatic heterocycles. The van der Waals surface area contributed by atoms with Crippen LogP contribution in [0.1, 0.15) is 15.2 Å². The monoisotopic (exact) mass is 363 g/mol. The number of anilines is 1. The summed E-state index contributed by atoms with van der Waals surface area (Å²) in [6, 6.07) is 9.34. The topological polar surface area (TPSA) is 117 Å². The molecule has 1 aromatic carbocycles. The lowest BCUT2D eigenvalue weighted by atomic mass is 10.2. The van der Waals surface area contributed by atoms with Gasteiger partial charge in [-0.25, -0.2) is 18.2 Å². The first kappa shape index (κ1) is 16.3. The van der Waals surface area contributed by atoms with Crippen molar-refractivity contribution in [2.45, 2.75) is 11.4 Å². The van der Waals surface area contributed by atoms with Crippen molar-refractivity contribution in [1.29, 1.82) is 0 Å². The van der Waals surface area contributed by atoms with E-state index in [1.165, 1.54) is 41.9 Å². The summed E-state index contributed by atoms with van der Waals surface area (Å²) in [4.78, 5) is 16.8. The number of carbonyl (C=O) groups excluding carboxylic acids is 1. The van der Waals surface area contributed by atoms with Gasteiger partial charge in [-0.05, 0) is 35.7 Å². The number of H-pyrrole nitrogens is 1. The minimum absolute atomic E-state index is 0.0928. The molecule has 0 unspecified atom stereocenters. The summed E-state index contributed by atoms with van der Waals surface area (Å²) in [5, 5.41) is 10.5. The van der Waals surface area contributed by atoms with Gasteiger partial charge in [0.15, 0.2) is 0 Å². The number of nitrogens with zero attached hydrogens (tertiary/aromatic N) is 2. The highest BCUT2D eigenvalue weighted by Gasteiger charge is 2.15. The van der Waals surface area contributed by atoms with Gasteiger partial charge < -0.3 is 0 Å². The van der Waals surface area contributed by atoms with Crippen molar-refractivity contribution in [1.82, 2.24) is 19.9 Å². The number of hydrogen-bond donors (Lipinski definition) is 3. The lowest BCUT2D eigenvalue weighted by Crippen LogP contribution is -2.23. The van der Waals surface area contributed by atoms with Crippen molar-refractivity contribution in [2.24, 2.45) is 0 Å². The van der Waals surface area contributed by atoms with Crippen LogP contribution in [-0.2, 0) is 16.6 Å². The Bertz CT molecular complexity index is 904. The minimum atomic E-state index is -3.63. The van der Waals surface area contributed by atoms with Gasteiger partial charge in [-0.1, -0.05) is 6.07 Å². The molecule has 0 atom stereocenters. The van der Waals surface area contributed by atoms with Crippen LogP contribution >= 0.6 is 11.3 Å². The highest BCUT2D eigenvalue weighted by atomic mass is 32.2. The Kier molecular flexibility index (Phi) is 4.69. The van der Waals surface area contributed by atoms with Crippen molar-refractivity contribution in [3.05, 3.63) is 58.5 Å². The van der Waals surface area contributed by atoms with E-state index >= 15 is 0 Å². The first-order valence-electron chi connectivity index (χ1n) is 6.83.